The standard InChI is InChI=1S/C25H25N3O2S.C22H20N2O2S/c1-15(2)30-23-9-6-16(10-17(23)11-26)25-27-12-24(31-25)21-5-3-4-20-19(21)7-8-22(20)28-13-18(29)14-28;1-13(2)26-20-9-6-14(10-15(20)11-23)22-24-12-21(27-22)18-5-3-4-17-16(18)7-8-19(17)25/h3-6,9-10,12,15,18,22,29H,7-8,13-14H2,1-2H3;3-6,9-10,12-13,19,25H,7-8H2,1-2H3. The van der Waals surface area contributed by atoms with Crippen molar-refractivity contribution in [1.29, 1.82) is 10.5 Å². The van der Waals surface area contributed by atoms with Crippen molar-refractivity contribution in [2.75, 3.05) is 13.1 Å². The number of aliphatic hydroxyl groups is 2. The molecule has 2 unspecified atom stereocenters. The van der Waals surface area contributed by atoms with Crippen LogP contribution in [0.15, 0.2) is 85.2 Å². The number of β-amino-alcohol motifs (C(OH)–C–C–N with tert-alkyl or cyclic N) is 1. The number of rotatable bonds is 9. The minimum absolute atomic E-state index is 0.0185. The van der Waals surface area contributed by atoms with Crippen molar-refractivity contribution < 1.29 is 19.7 Å². The largest absolute Gasteiger partial charge is 0.490 e. The molecule has 0 radical (unpaired) electrons. The van der Waals surface area contributed by atoms with Crippen LogP contribution in [0.5, 0.6) is 11.5 Å². The molecule has 2 aliphatic carbocycles. The fraction of sp³-hybridized carbons (Fsp3) is 0.319. The molecule has 2 N–H and O–H groups in total. The number of thiazole rings is 2. The van der Waals surface area contributed by atoms with Crippen LogP contribution in [0.4, 0.5) is 0 Å². The Kier molecular flexibility index (Phi) is 11.4. The van der Waals surface area contributed by atoms with Crippen LogP contribution < -0.4 is 9.47 Å². The van der Waals surface area contributed by atoms with Crippen LogP contribution in [0.2, 0.25) is 0 Å². The molecule has 11 heteroatoms. The van der Waals surface area contributed by atoms with Crippen LogP contribution in [0.1, 0.15) is 86.1 Å². The van der Waals surface area contributed by atoms with E-state index in [4.69, 9.17) is 9.47 Å². The minimum Gasteiger partial charge on any atom is -0.490 e. The minimum atomic E-state index is -0.362. The molecule has 4 aromatic carbocycles. The average molecular weight is 808 g/mol. The van der Waals surface area contributed by atoms with E-state index in [-0.39, 0.29) is 24.4 Å². The van der Waals surface area contributed by atoms with E-state index in [0.29, 0.717) is 28.7 Å². The molecule has 0 amide bonds. The fourth-order valence-corrected chi connectivity index (χ4v) is 10.1. The van der Waals surface area contributed by atoms with Gasteiger partial charge in [-0.15, -0.1) is 22.7 Å². The van der Waals surface area contributed by atoms with Gasteiger partial charge in [-0.3, -0.25) is 4.90 Å². The molecule has 1 fully saturated rings. The molecule has 1 saturated heterocycles. The number of nitrogens with zero attached hydrogens (tertiary/aromatic N) is 5. The first-order chi connectivity index (χ1) is 28.1. The van der Waals surface area contributed by atoms with Gasteiger partial charge in [0.15, 0.2) is 0 Å². The first-order valence-electron chi connectivity index (χ1n) is 19.8. The van der Waals surface area contributed by atoms with Gasteiger partial charge in [0.05, 0.1) is 45.3 Å². The molecule has 294 valence electrons. The van der Waals surface area contributed by atoms with E-state index in [1.54, 1.807) is 22.7 Å². The van der Waals surface area contributed by atoms with Gasteiger partial charge >= 0.3 is 0 Å². The topological polar surface area (TPSA) is 136 Å². The number of hydrogen-bond acceptors (Lipinski definition) is 11. The SMILES string of the molecule is CC(C)Oc1ccc(-c2ncc(-c3cccc4c3CCC4N3CC(O)C3)s2)cc1C#N.CC(C)Oc1ccc(-c2ncc(-c3cccc4c3CCC4O)s2)cc1C#N. The number of ether oxygens (including phenoxy) is 2. The van der Waals surface area contributed by atoms with Crippen LogP contribution in [0.3, 0.4) is 0 Å². The lowest BCUT2D eigenvalue weighted by atomic mass is 9.99. The summed E-state index contributed by atoms with van der Waals surface area (Å²) in [6, 6.07) is 28.8. The van der Waals surface area contributed by atoms with Gasteiger partial charge in [-0.1, -0.05) is 36.4 Å². The first-order valence-corrected chi connectivity index (χ1v) is 21.4. The van der Waals surface area contributed by atoms with Gasteiger partial charge in [0.2, 0.25) is 0 Å². The van der Waals surface area contributed by atoms with Crippen LogP contribution >= 0.6 is 22.7 Å². The van der Waals surface area contributed by atoms with E-state index in [1.807, 2.05) is 88.6 Å². The highest BCUT2D eigenvalue weighted by Gasteiger charge is 2.36. The summed E-state index contributed by atoms with van der Waals surface area (Å²) in [7, 11) is 0. The smallest absolute Gasteiger partial charge is 0.137 e. The summed E-state index contributed by atoms with van der Waals surface area (Å²) in [6.45, 7) is 9.34. The van der Waals surface area contributed by atoms with Crippen molar-refractivity contribution in [2.24, 2.45) is 0 Å². The summed E-state index contributed by atoms with van der Waals surface area (Å²) in [6.07, 6.45) is 7.15. The maximum absolute atomic E-state index is 10.1. The van der Waals surface area contributed by atoms with Crippen molar-refractivity contribution in [2.45, 2.75) is 83.8 Å². The number of aliphatic hydroxyl groups excluding tert-OH is 2. The Bertz CT molecular complexity index is 2540. The summed E-state index contributed by atoms with van der Waals surface area (Å²) < 4.78 is 11.4. The van der Waals surface area contributed by atoms with Crippen LogP contribution in [0, 0.1) is 22.7 Å². The predicted molar refractivity (Wildman–Crippen MR) is 229 cm³/mol. The van der Waals surface area contributed by atoms with E-state index in [0.717, 1.165) is 80.8 Å². The second-order valence-corrected chi connectivity index (χ2v) is 17.6. The highest BCUT2D eigenvalue weighted by molar-refractivity contribution is 7.18. The molecule has 0 bridgehead atoms. The monoisotopic (exact) mass is 807 g/mol. The molecule has 3 heterocycles. The summed E-state index contributed by atoms with van der Waals surface area (Å²) in [5, 5.41) is 40.6. The van der Waals surface area contributed by atoms with Crippen LogP contribution in [-0.4, -0.2) is 56.5 Å². The average Bonchev–Trinajstić information content (AvgIpc) is 4.04. The number of benzene rings is 4. The zero-order chi connectivity index (χ0) is 40.5. The third kappa shape index (κ3) is 8.02. The van der Waals surface area contributed by atoms with Crippen molar-refractivity contribution in [3.8, 4) is 65.7 Å². The number of aromatic nitrogens is 2. The van der Waals surface area contributed by atoms with Gasteiger partial charge in [0.1, 0.15) is 33.7 Å². The molecular weight excluding hydrogens is 763 g/mol. The maximum Gasteiger partial charge on any atom is 0.137 e. The lowest BCUT2D eigenvalue weighted by molar-refractivity contribution is -0.0251. The molecule has 0 spiro atoms. The summed E-state index contributed by atoms with van der Waals surface area (Å²) in [5.41, 5.74) is 10.3. The lowest BCUT2D eigenvalue weighted by Crippen LogP contribution is -2.51. The molecular formula is C47H45N5O4S2. The zero-order valence-corrected chi connectivity index (χ0v) is 34.6. The van der Waals surface area contributed by atoms with Gasteiger partial charge < -0.3 is 19.7 Å². The second-order valence-electron chi connectivity index (χ2n) is 15.5. The van der Waals surface area contributed by atoms with Gasteiger partial charge in [-0.2, -0.15) is 10.5 Å². The van der Waals surface area contributed by atoms with Gasteiger partial charge in [-0.25, -0.2) is 9.97 Å². The first kappa shape index (κ1) is 39.4. The molecule has 3 aliphatic rings. The molecule has 2 aromatic heterocycles. The fourth-order valence-electron chi connectivity index (χ4n) is 8.13. The van der Waals surface area contributed by atoms with Crippen molar-refractivity contribution in [3.63, 3.8) is 0 Å². The summed E-state index contributed by atoms with van der Waals surface area (Å²) in [5.74, 6) is 1.21. The second kappa shape index (κ2) is 16.8. The highest BCUT2D eigenvalue weighted by Crippen LogP contribution is 2.45. The van der Waals surface area contributed by atoms with E-state index in [1.165, 1.54) is 22.3 Å². The molecule has 9 nitrogen and oxygen atoms in total. The summed E-state index contributed by atoms with van der Waals surface area (Å²) in [4.78, 5) is 13.9. The molecule has 58 heavy (non-hydrogen) atoms. The normalized spacial score (nSPS) is 17.2. The Morgan fingerprint density at radius 3 is 1.69 bits per heavy atom. The predicted octanol–water partition coefficient (Wildman–Crippen LogP) is 9.92. The Hall–Kier alpha value is -5.40. The number of likely N-dealkylation sites (tertiary alicyclic amines) is 1. The van der Waals surface area contributed by atoms with Crippen LogP contribution in [0.25, 0.3) is 42.0 Å². The Morgan fingerprint density at radius 1 is 0.690 bits per heavy atom. The quantitative estimate of drug-likeness (QED) is 0.146. The van der Waals surface area contributed by atoms with E-state index in [9.17, 15) is 20.7 Å². The molecule has 2 atom stereocenters. The summed E-state index contributed by atoms with van der Waals surface area (Å²) >= 11 is 3.26. The van der Waals surface area contributed by atoms with Crippen molar-refractivity contribution in [3.05, 3.63) is 119 Å². The van der Waals surface area contributed by atoms with Gasteiger partial charge in [-0.05, 0) is 123 Å². The highest BCUT2D eigenvalue weighted by atomic mass is 32.1. The third-order valence-corrected chi connectivity index (χ3v) is 12.9. The number of nitriles is 2. The Labute approximate surface area is 347 Å². The zero-order valence-electron chi connectivity index (χ0n) is 33.0. The van der Waals surface area contributed by atoms with Crippen molar-refractivity contribution in [1.82, 2.24) is 14.9 Å². The molecule has 0 saturated carbocycles. The maximum atomic E-state index is 10.1. The Balaban J connectivity index is 0.000000164. The van der Waals surface area contributed by atoms with Gasteiger partial charge in [0, 0.05) is 42.7 Å². The molecule has 6 aromatic rings. The number of fused-ring (bicyclic) bond motifs is 2. The number of hydrogen-bond donors (Lipinski definition) is 2. The van der Waals surface area contributed by atoms with Crippen LogP contribution in [-0.2, 0) is 12.8 Å². The Morgan fingerprint density at radius 2 is 1.19 bits per heavy atom. The van der Waals surface area contributed by atoms with E-state index in [2.05, 4.69) is 51.3 Å². The van der Waals surface area contributed by atoms with E-state index < -0.39 is 0 Å². The lowest BCUT2D eigenvalue weighted by Gasteiger charge is -2.40. The third-order valence-electron chi connectivity index (χ3n) is 10.8. The van der Waals surface area contributed by atoms with E-state index >= 15 is 0 Å². The van der Waals surface area contributed by atoms with Gasteiger partial charge in [0.25, 0.3) is 0 Å². The van der Waals surface area contributed by atoms with Crippen molar-refractivity contribution >= 4 is 22.7 Å². The molecule has 1 aliphatic heterocycles. The molecule has 9 rings (SSSR count).